The van der Waals surface area contributed by atoms with Gasteiger partial charge in [0.1, 0.15) is 6.04 Å². The van der Waals surface area contributed by atoms with Gasteiger partial charge < -0.3 is 30.5 Å². The first-order valence-electron chi connectivity index (χ1n) is 12.2. The molecule has 1 aromatic carbocycles. The van der Waals surface area contributed by atoms with Crippen molar-refractivity contribution < 1.29 is 39.5 Å². The normalized spacial score (nSPS) is 18.4. The zero-order valence-corrected chi connectivity index (χ0v) is 21.3. The average molecular weight is 526 g/mol. The third-order valence-electron chi connectivity index (χ3n) is 6.30. The Labute approximate surface area is 216 Å². The van der Waals surface area contributed by atoms with E-state index in [0.717, 1.165) is 11.3 Å². The van der Waals surface area contributed by atoms with E-state index < -0.39 is 23.9 Å². The Bertz CT molecular complexity index is 824. The van der Waals surface area contributed by atoms with Gasteiger partial charge in [0.25, 0.3) is 0 Å². The van der Waals surface area contributed by atoms with Gasteiger partial charge in [0, 0.05) is 65.1 Å². The minimum Gasteiger partial charge on any atom is -0.480 e. The van der Waals surface area contributed by atoms with E-state index in [1.807, 2.05) is 31.3 Å². The van der Waals surface area contributed by atoms with Crippen LogP contribution in [0.25, 0.3) is 0 Å². The van der Waals surface area contributed by atoms with Crippen molar-refractivity contribution in [2.45, 2.75) is 12.6 Å². The highest BCUT2D eigenvalue weighted by atomic mass is 16.5. The molecule has 0 aromatic heterocycles. The van der Waals surface area contributed by atoms with E-state index in [1.165, 1.54) is 0 Å². The minimum absolute atomic E-state index is 0.0841. The van der Waals surface area contributed by atoms with Gasteiger partial charge in [-0.2, -0.15) is 0 Å². The fourth-order valence-corrected chi connectivity index (χ4v) is 4.09. The number of hydrogen-bond acceptors (Lipinski definition) is 10. The number of benzene rings is 1. The van der Waals surface area contributed by atoms with Gasteiger partial charge in [-0.25, -0.2) is 0 Å². The van der Waals surface area contributed by atoms with Gasteiger partial charge in [0.05, 0.1) is 33.0 Å². The van der Waals surface area contributed by atoms with Crippen molar-refractivity contribution in [3.05, 3.63) is 29.8 Å². The smallest absolute Gasteiger partial charge is 0.323 e. The summed E-state index contributed by atoms with van der Waals surface area (Å²) in [5.41, 5.74) is 1.84. The predicted molar refractivity (Wildman–Crippen MR) is 135 cm³/mol. The Morgan fingerprint density at radius 3 is 1.76 bits per heavy atom. The molecule has 0 amide bonds. The zero-order valence-electron chi connectivity index (χ0n) is 21.3. The molecule has 1 saturated heterocycles. The molecule has 1 aliphatic heterocycles. The fourth-order valence-electron chi connectivity index (χ4n) is 4.09. The van der Waals surface area contributed by atoms with Gasteiger partial charge in [-0.15, -0.1) is 0 Å². The molecule has 13 heteroatoms. The third-order valence-corrected chi connectivity index (χ3v) is 6.30. The molecule has 0 aliphatic carbocycles. The van der Waals surface area contributed by atoms with Gasteiger partial charge in [-0.05, 0) is 17.7 Å². The lowest BCUT2D eigenvalue weighted by Crippen LogP contribution is -2.52. The lowest BCUT2D eigenvalue weighted by atomic mass is 10.2. The first-order chi connectivity index (χ1) is 17.7. The fraction of sp³-hybridized carbons (Fsp3) is 0.625. The highest BCUT2D eigenvalue weighted by molar-refractivity contribution is 5.73. The number of ether oxygens (including phenoxy) is 1. The molecule has 208 valence electrons. The monoisotopic (exact) mass is 525 g/mol. The molecule has 2 rings (SSSR count). The topological polar surface area (TPSA) is 166 Å². The summed E-state index contributed by atoms with van der Waals surface area (Å²) in [5, 5.41) is 41.3. The van der Waals surface area contributed by atoms with Gasteiger partial charge >= 0.3 is 17.9 Å². The van der Waals surface area contributed by atoms with Crippen LogP contribution in [-0.2, 0) is 25.7 Å². The van der Waals surface area contributed by atoms with Crippen LogP contribution >= 0.6 is 0 Å². The molecule has 37 heavy (non-hydrogen) atoms. The second kappa shape index (κ2) is 16.1. The second-order valence-electron chi connectivity index (χ2n) is 8.95. The molecular weight excluding hydrogens is 486 g/mol. The summed E-state index contributed by atoms with van der Waals surface area (Å²) in [4.78, 5) is 41.8. The van der Waals surface area contributed by atoms with E-state index in [-0.39, 0.29) is 46.1 Å². The minimum atomic E-state index is -1.07. The van der Waals surface area contributed by atoms with Gasteiger partial charge in [0.15, 0.2) is 0 Å². The SMILES string of the molecule is CNc1ccc(COCC(C(=O)O)N2CCN(CC(=O)O)CCN(CO)CCN(CC(=O)O)CC2)cc1. The maximum atomic E-state index is 12.2. The van der Waals surface area contributed by atoms with Gasteiger partial charge in [0.2, 0.25) is 0 Å². The van der Waals surface area contributed by atoms with Crippen molar-refractivity contribution in [1.82, 2.24) is 19.6 Å². The Hall–Kier alpha value is -2.81. The van der Waals surface area contributed by atoms with E-state index >= 15 is 0 Å². The Morgan fingerprint density at radius 1 is 0.838 bits per heavy atom. The van der Waals surface area contributed by atoms with Crippen molar-refractivity contribution in [3.8, 4) is 0 Å². The number of rotatable bonds is 12. The maximum Gasteiger partial charge on any atom is 0.323 e. The van der Waals surface area contributed by atoms with E-state index in [9.17, 15) is 34.8 Å². The summed E-state index contributed by atoms with van der Waals surface area (Å²) >= 11 is 0. The quantitative estimate of drug-likeness (QED) is 0.227. The summed E-state index contributed by atoms with van der Waals surface area (Å²) in [6.07, 6.45) is 0. The van der Waals surface area contributed by atoms with Gasteiger partial charge in [-0.1, -0.05) is 12.1 Å². The molecule has 0 radical (unpaired) electrons. The summed E-state index contributed by atoms with van der Waals surface area (Å²) in [5.74, 6) is -3.06. The lowest BCUT2D eigenvalue weighted by Gasteiger charge is -2.35. The number of carboxylic acids is 3. The number of anilines is 1. The third kappa shape index (κ3) is 11.4. The first-order valence-corrected chi connectivity index (χ1v) is 12.2. The van der Waals surface area contributed by atoms with Crippen molar-refractivity contribution in [1.29, 1.82) is 0 Å². The van der Waals surface area contributed by atoms with E-state index in [4.69, 9.17) is 4.74 Å². The van der Waals surface area contributed by atoms with E-state index in [0.29, 0.717) is 39.3 Å². The lowest BCUT2D eigenvalue weighted by molar-refractivity contribution is -0.147. The second-order valence-corrected chi connectivity index (χ2v) is 8.95. The molecule has 1 aromatic rings. The van der Waals surface area contributed by atoms with Crippen LogP contribution in [-0.4, -0.2) is 150 Å². The molecule has 1 unspecified atom stereocenters. The van der Waals surface area contributed by atoms with Crippen LogP contribution in [0.1, 0.15) is 5.56 Å². The number of nitrogens with zero attached hydrogens (tertiary/aromatic N) is 4. The Morgan fingerprint density at radius 2 is 1.32 bits per heavy atom. The zero-order chi connectivity index (χ0) is 27.2. The molecule has 1 aliphatic rings. The van der Waals surface area contributed by atoms with Crippen LogP contribution in [0.3, 0.4) is 0 Å². The van der Waals surface area contributed by atoms with Crippen LogP contribution in [0.5, 0.6) is 0 Å². The highest BCUT2D eigenvalue weighted by Gasteiger charge is 2.28. The van der Waals surface area contributed by atoms with Crippen LogP contribution in [0.2, 0.25) is 0 Å². The van der Waals surface area contributed by atoms with Crippen molar-refractivity contribution in [3.63, 3.8) is 0 Å². The number of carboxylic acid groups (broad SMARTS) is 3. The molecule has 1 atom stereocenters. The Kier molecular flexibility index (Phi) is 13.3. The average Bonchev–Trinajstić information content (AvgIpc) is 2.85. The standard InChI is InChI=1S/C24H39N5O8/c1-25-20-4-2-19(3-5-20)16-37-17-21(24(35)36)29-12-10-26(14-22(31)32)6-8-28(18-30)9-7-27(11-13-29)15-23(33)34/h2-5,21,25,30H,6-18H2,1H3,(H,31,32)(H,33,34)(H,35,36). The predicted octanol–water partition coefficient (Wildman–Crippen LogP) is -0.961. The Balaban J connectivity index is 2.14. The number of nitrogens with one attached hydrogen (secondary N) is 1. The van der Waals surface area contributed by atoms with Crippen LogP contribution < -0.4 is 5.32 Å². The van der Waals surface area contributed by atoms with Crippen LogP contribution in [0.15, 0.2) is 24.3 Å². The molecular formula is C24H39N5O8. The summed E-state index contributed by atoms with van der Waals surface area (Å²) < 4.78 is 5.76. The summed E-state index contributed by atoms with van der Waals surface area (Å²) in [6.45, 7) is 2.08. The van der Waals surface area contributed by atoms with Crippen molar-refractivity contribution >= 4 is 23.6 Å². The maximum absolute atomic E-state index is 12.2. The van der Waals surface area contributed by atoms with E-state index in [2.05, 4.69) is 5.32 Å². The molecule has 1 heterocycles. The number of aliphatic carboxylic acids is 3. The largest absolute Gasteiger partial charge is 0.480 e. The molecule has 13 nitrogen and oxygen atoms in total. The number of aliphatic hydroxyl groups excluding tert-OH is 1. The number of aliphatic hydroxyl groups is 1. The van der Waals surface area contributed by atoms with Crippen molar-refractivity contribution in [2.75, 3.05) is 91.1 Å². The first kappa shape index (κ1) is 30.4. The summed E-state index contributed by atoms with van der Waals surface area (Å²) in [6, 6.07) is 6.58. The van der Waals surface area contributed by atoms with Crippen LogP contribution in [0.4, 0.5) is 5.69 Å². The number of hydrogen-bond donors (Lipinski definition) is 5. The van der Waals surface area contributed by atoms with E-state index in [1.54, 1.807) is 19.6 Å². The number of carbonyl (C=O) groups is 3. The van der Waals surface area contributed by atoms with Gasteiger partial charge in [-0.3, -0.25) is 34.0 Å². The molecule has 0 saturated carbocycles. The van der Waals surface area contributed by atoms with Crippen molar-refractivity contribution in [2.24, 2.45) is 0 Å². The van der Waals surface area contributed by atoms with Crippen LogP contribution in [0, 0.1) is 0 Å². The molecule has 5 N–H and O–H groups in total. The molecule has 0 spiro atoms. The summed E-state index contributed by atoms with van der Waals surface area (Å²) in [7, 11) is 1.82. The highest BCUT2D eigenvalue weighted by Crippen LogP contribution is 2.11. The molecule has 1 fully saturated rings. The molecule has 0 bridgehead atoms.